The molecule has 0 aliphatic heterocycles. The van der Waals surface area contributed by atoms with Crippen molar-refractivity contribution in [1.82, 2.24) is 4.98 Å². The van der Waals surface area contributed by atoms with Crippen LogP contribution in [-0.4, -0.2) is 4.98 Å². The summed E-state index contributed by atoms with van der Waals surface area (Å²) < 4.78 is 13.5. The van der Waals surface area contributed by atoms with Crippen LogP contribution in [0.1, 0.15) is 23.2 Å². The Hall–Kier alpha value is -1.64. The maximum atomic E-state index is 13.5. The molecule has 1 aromatic heterocycles. The van der Waals surface area contributed by atoms with Gasteiger partial charge in [-0.3, -0.25) is 4.98 Å². The number of aromatic nitrogens is 1. The highest BCUT2D eigenvalue weighted by molar-refractivity contribution is 5.93. The SMILES string of the molecule is Cc1cc2c(N)c3c(nc2cc1F)CCC3. The van der Waals surface area contributed by atoms with Gasteiger partial charge in [-0.15, -0.1) is 0 Å². The van der Waals surface area contributed by atoms with Crippen molar-refractivity contribution < 1.29 is 4.39 Å². The Balaban J connectivity index is 2.41. The fraction of sp³-hybridized carbons (Fsp3) is 0.308. The number of nitrogen functional groups attached to an aromatic ring is 1. The molecule has 3 heteroatoms. The molecule has 2 aromatic rings. The highest BCUT2D eigenvalue weighted by Crippen LogP contribution is 2.32. The second kappa shape index (κ2) is 3.17. The van der Waals surface area contributed by atoms with E-state index < -0.39 is 0 Å². The van der Waals surface area contributed by atoms with Gasteiger partial charge < -0.3 is 5.73 Å². The van der Waals surface area contributed by atoms with Crippen molar-refractivity contribution >= 4 is 16.6 Å². The molecule has 0 atom stereocenters. The van der Waals surface area contributed by atoms with Gasteiger partial charge in [-0.2, -0.15) is 0 Å². The zero-order chi connectivity index (χ0) is 11.3. The summed E-state index contributed by atoms with van der Waals surface area (Å²) in [5.41, 5.74) is 10.4. The third-order valence-electron chi connectivity index (χ3n) is 3.34. The Morgan fingerprint density at radius 2 is 2.12 bits per heavy atom. The van der Waals surface area contributed by atoms with Gasteiger partial charge in [0.25, 0.3) is 0 Å². The molecule has 82 valence electrons. The molecule has 1 heterocycles. The van der Waals surface area contributed by atoms with Crippen LogP contribution in [0.2, 0.25) is 0 Å². The van der Waals surface area contributed by atoms with E-state index in [2.05, 4.69) is 4.98 Å². The van der Waals surface area contributed by atoms with E-state index in [0.29, 0.717) is 11.1 Å². The first-order valence-corrected chi connectivity index (χ1v) is 5.54. The molecule has 1 aliphatic carbocycles. The van der Waals surface area contributed by atoms with Gasteiger partial charge in [0.15, 0.2) is 0 Å². The van der Waals surface area contributed by atoms with Crippen LogP contribution in [0.15, 0.2) is 12.1 Å². The lowest BCUT2D eigenvalue weighted by Crippen LogP contribution is -1.99. The van der Waals surface area contributed by atoms with E-state index in [1.165, 1.54) is 11.6 Å². The molecule has 2 nitrogen and oxygen atoms in total. The summed E-state index contributed by atoms with van der Waals surface area (Å²) in [6.07, 6.45) is 3.07. The predicted molar refractivity (Wildman–Crippen MR) is 62.9 cm³/mol. The zero-order valence-electron chi connectivity index (χ0n) is 9.18. The zero-order valence-corrected chi connectivity index (χ0v) is 9.18. The number of pyridine rings is 1. The lowest BCUT2D eigenvalue weighted by molar-refractivity contribution is 0.620. The maximum Gasteiger partial charge on any atom is 0.128 e. The minimum Gasteiger partial charge on any atom is -0.398 e. The van der Waals surface area contributed by atoms with Gasteiger partial charge in [0.1, 0.15) is 5.82 Å². The monoisotopic (exact) mass is 216 g/mol. The molecule has 3 rings (SSSR count). The minimum absolute atomic E-state index is 0.211. The smallest absolute Gasteiger partial charge is 0.128 e. The van der Waals surface area contributed by atoms with Crippen molar-refractivity contribution in [3.63, 3.8) is 0 Å². The summed E-state index contributed by atoms with van der Waals surface area (Å²) in [6, 6.07) is 3.28. The first-order valence-electron chi connectivity index (χ1n) is 5.54. The standard InChI is InChI=1S/C13H13FN2/c1-7-5-9-12(6-10(7)14)16-11-4-2-3-8(11)13(9)15/h5-6H,2-4H2,1H3,(H2,15,16). The summed E-state index contributed by atoms with van der Waals surface area (Å²) >= 11 is 0. The van der Waals surface area contributed by atoms with Crippen molar-refractivity contribution in [3.05, 3.63) is 34.8 Å². The van der Waals surface area contributed by atoms with Crippen LogP contribution in [0.25, 0.3) is 10.9 Å². The van der Waals surface area contributed by atoms with Crippen LogP contribution in [-0.2, 0) is 12.8 Å². The van der Waals surface area contributed by atoms with Gasteiger partial charge in [-0.25, -0.2) is 4.39 Å². The largest absolute Gasteiger partial charge is 0.398 e. The van der Waals surface area contributed by atoms with Gasteiger partial charge in [-0.05, 0) is 43.4 Å². The first-order chi connectivity index (χ1) is 7.66. The molecular weight excluding hydrogens is 203 g/mol. The highest BCUT2D eigenvalue weighted by atomic mass is 19.1. The van der Waals surface area contributed by atoms with Crippen LogP contribution in [0, 0.1) is 12.7 Å². The number of nitrogens with two attached hydrogens (primary N) is 1. The number of halogens is 1. The molecule has 16 heavy (non-hydrogen) atoms. The third kappa shape index (κ3) is 1.21. The van der Waals surface area contributed by atoms with Crippen molar-refractivity contribution in [3.8, 4) is 0 Å². The van der Waals surface area contributed by atoms with Gasteiger partial charge in [0.2, 0.25) is 0 Å². The van der Waals surface area contributed by atoms with E-state index in [4.69, 9.17) is 5.73 Å². The van der Waals surface area contributed by atoms with Crippen LogP contribution in [0.4, 0.5) is 10.1 Å². The molecule has 0 radical (unpaired) electrons. The number of anilines is 1. The number of fused-ring (bicyclic) bond motifs is 2. The number of rotatable bonds is 0. The molecule has 1 aliphatic rings. The number of hydrogen-bond acceptors (Lipinski definition) is 2. The fourth-order valence-corrected chi connectivity index (χ4v) is 2.43. The Labute approximate surface area is 93.3 Å². The molecule has 1 aromatic carbocycles. The van der Waals surface area contributed by atoms with Crippen molar-refractivity contribution in [1.29, 1.82) is 0 Å². The number of hydrogen-bond donors (Lipinski definition) is 1. The first kappa shape index (κ1) is 9.58. The molecular formula is C13H13FN2. The average molecular weight is 216 g/mol. The van der Waals surface area contributed by atoms with E-state index in [1.807, 2.05) is 0 Å². The van der Waals surface area contributed by atoms with Crippen LogP contribution in [0.3, 0.4) is 0 Å². The lowest BCUT2D eigenvalue weighted by atomic mass is 10.1. The molecule has 0 saturated carbocycles. The van der Waals surface area contributed by atoms with Crippen LogP contribution < -0.4 is 5.73 Å². The third-order valence-corrected chi connectivity index (χ3v) is 3.34. The van der Waals surface area contributed by atoms with Gasteiger partial charge in [0, 0.05) is 22.8 Å². The predicted octanol–water partition coefficient (Wildman–Crippen LogP) is 2.75. The summed E-state index contributed by atoms with van der Waals surface area (Å²) in [5.74, 6) is -0.211. The highest BCUT2D eigenvalue weighted by Gasteiger charge is 2.18. The number of benzene rings is 1. The quantitative estimate of drug-likeness (QED) is 0.735. The molecule has 0 bridgehead atoms. The van der Waals surface area contributed by atoms with E-state index in [0.717, 1.165) is 36.0 Å². The summed E-state index contributed by atoms with van der Waals surface area (Å²) in [7, 11) is 0. The number of nitrogens with zero attached hydrogens (tertiary/aromatic N) is 1. The second-order valence-electron chi connectivity index (χ2n) is 4.42. The van der Waals surface area contributed by atoms with Crippen molar-refractivity contribution in [2.45, 2.75) is 26.2 Å². The van der Waals surface area contributed by atoms with E-state index in [1.54, 1.807) is 13.0 Å². The van der Waals surface area contributed by atoms with E-state index in [9.17, 15) is 4.39 Å². The second-order valence-corrected chi connectivity index (χ2v) is 4.42. The number of aryl methyl sites for hydroxylation is 2. The fourth-order valence-electron chi connectivity index (χ4n) is 2.43. The van der Waals surface area contributed by atoms with E-state index in [-0.39, 0.29) is 5.82 Å². The molecule has 0 fully saturated rings. The van der Waals surface area contributed by atoms with Crippen molar-refractivity contribution in [2.75, 3.05) is 5.73 Å². The molecule has 0 saturated heterocycles. The molecule has 0 amide bonds. The maximum absolute atomic E-state index is 13.5. The lowest BCUT2D eigenvalue weighted by Gasteiger charge is -2.09. The Kier molecular flexibility index (Phi) is 1.90. The van der Waals surface area contributed by atoms with Crippen LogP contribution in [0.5, 0.6) is 0 Å². The van der Waals surface area contributed by atoms with Gasteiger partial charge in [-0.1, -0.05) is 0 Å². The average Bonchev–Trinajstić information content (AvgIpc) is 2.70. The normalized spacial score (nSPS) is 14.4. The van der Waals surface area contributed by atoms with E-state index >= 15 is 0 Å². The summed E-state index contributed by atoms with van der Waals surface area (Å²) in [4.78, 5) is 4.50. The van der Waals surface area contributed by atoms with Crippen molar-refractivity contribution in [2.24, 2.45) is 0 Å². The Morgan fingerprint density at radius 3 is 2.94 bits per heavy atom. The topological polar surface area (TPSA) is 38.9 Å². The molecule has 2 N–H and O–H groups in total. The molecule has 0 spiro atoms. The Bertz CT molecular complexity index is 590. The molecule has 0 unspecified atom stereocenters. The summed E-state index contributed by atoms with van der Waals surface area (Å²) in [6.45, 7) is 1.75. The minimum atomic E-state index is -0.211. The van der Waals surface area contributed by atoms with Gasteiger partial charge in [0.05, 0.1) is 5.52 Å². The van der Waals surface area contributed by atoms with Crippen LogP contribution >= 0.6 is 0 Å². The Morgan fingerprint density at radius 1 is 1.31 bits per heavy atom. The summed E-state index contributed by atoms with van der Waals surface area (Å²) in [5, 5.41) is 0.888. The van der Waals surface area contributed by atoms with Gasteiger partial charge >= 0.3 is 0 Å².